The molecule has 3 rings (SSSR count). The standard InChI is InChI=1S/C23H27NO7/c1-5-6-13-30-19-14-17(28-3)11-12-18(19)20-21(22(25)29-4)31-23(26)24(20)15-7-9-16(27-2)10-8-15/h7-12,14,20-21H,5-6,13H2,1-4H3/t20-,21+/m1/s1. The average Bonchev–Trinajstić information content (AvgIpc) is 3.15. The molecule has 2 aromatic rings. The molecule has 31 heavy (non-hydrogen) atoms. The Morgan fingerprint density at radius 1 is 1.03 bits per heavy atom. The van der Waals surface area contributed by atoms with Gasteiger partial charge in [0.2, 0.25) is 6.10 Å². The normalized spacial score (nSPS) is 17.8. The topological polar surface area (TPSA) is 83.5 Å². The maximum atomic E-state index is 12.8. The molecule has 0 unspecified atom stereocenters. The van der Waals surface area contributed by atoms with E-state index in [1.165, 1.54) is 12.0 Å². The minimum Gasteiger partial charge on any atom is -0.497 e. The molecule has 2 atom stereocenters. The molecule has 0 aromatic heterocycles. The van der Waals surface area contributed by atoms with Gasteiger partial charge in [0.05, 0.1) is 27.9 Å². The van der Waals surface area contributed by atoms with Gasteiger partial charge >= 0.3 is 12.1 Å². The van der Waals surface area contributed by atoms with Crippen LogP contribution in [0.5, 0.6) is 17.2 Å². The summed E-state index contributed by atoms with van der Waals surface area (Å²) in [7, 11) is 4.39. The van der Waals surface area contributed by atoms with Crippen LogP contribution < -0.4 is 19.1 Å². The van der Waals surface area contributed by atoms with E-state index in [9.17, 15) is 9.59 Å². The molecule has 2 aromatic carbocycles. The number of amides is 1. The van der Waals surface area contributed by atoms with Crippen molar-refractivity contribution >= 4 is 17.7 Å². The van der Waals surface area contributed by atoms with E-state index >= 15 is 0 Å². The number of carbonyl (C=O) groups excluding carboxylic acids is 2. The van der Waals surface area contributed by atoms with Gasteiger partial charge in [-0.15, -0.1) is 0 Å². The predicted octanol–water partition coefficient (Wildman–Crippen LogP) is 4.12. The van der Waals surface area contributed by atoms with Crippen LogP contribution in [0, 0.1) is 0 Å². The highest BCUT2D eigenvalue weighted by Crippen LogP contribution is 2.43. The third kappa shape index (κ3) is 4.68. The lowest BCUT2D eigenvalue weighted by molar-refractivity contribution is -0.149. The zero-order chi connectivity index (χ0) is 22.4. The summed E-state index contributed by atoms with van der Waals surface area (Å²) in [6.45, 7) is 2.56. The maximum absolute atomic E-state index is 12.8. The first-order chi connectivity index (χ1) is 15.0. The van der Waals surface area contributed by atoms with E-state index in [1.807, 2.05) is 0 Å². The zero-order valence-corrected chi connectivity index (χ0v) is 18.1. The van der Waals surface area contributed by atoms with Gasteiger partial charge < -0.3 is 23.7 Å². The first kappa shape index (κ1) is 22.3. The molecule has 0 radical (unpaired) electrons. The lowest BCUT2D eigenvalue weighted by Crippen LogP contribution is -2.33. The second-order valence-corrected chi connectivity index (χ2v) is 6.95. The molecule has 8 heteroatoms. The van der Waals surface area contributed by atoms with Crippen molar-refractivity contribution in [1.82, 2.24) is 0 Å². The number of hydrogen-bond donors (Lipinski definition) is 0. The first-order valence-corrected chi connectivity index (χ1v) is 10.1. The highest BCUT2D eigenvalue weighted by Gasteiger charge is 2.49. The SMILES string of the molecule is CCCCOc1cc(OC)ccc1[C@@H]1[C@@H](C(=O)OC)OC(=O)N1c1ccc(OC)cc1. The number of anilines is 1. The lowest BCUT2D eigenvalue weighted by atomic mass is 9.98. The third-order valence-electron chi connectivity index (χ3n) is 5.07. The lowest BCUT2D eigenvalue weighted by Gasteiger charge is -2.26. The molecule has 1 amide bonds. The number of nitrogens with zero attached hydrogens (tertiary/aromatic N) is 1. The summed E-state index contributed by atoms with van der Waals surface area (Å²) in [5, 5.41) is 0. The van der Waals surface area contributed by atoms with Gasteiger partial charge in [-0.3, -0.25) is 4.90 Å². The number of benzene rings is 2. The van der Waals surface area contributed by atoms with Crippen molar-refractivity contribution in [1.29, 1.82) is 0 Å². The van der Waals surface area contributed by atoms with E-state index in [0.29, 0.717) is 35.1 Å². The molecule has 166 valence electrons. The highest BCUT2D eigenvalue weighted by atomic mass is 16.6. The van der Waals surface area contributed by atoms with Crippen LogP contribution in [0.2, 0.25) is 0 Å². The number of ether oxygens (including phenoxy) is 5. The molecule has 0 bridgehead atoms. The van der Waals surface area contributed by atoms with Crippen molar-refractivity contribution < 1.29 is 33.3 Å². The Labute approximate surface area is 181 Å². The summed E-state index contributed by atoms with van der Waals surface area (Å²) in [4.78, 5) is 26.8. The summed E-state index contributed by atoms with van der Waals surface area (Å²) in [5.74, 6) is 1.12. The number of rotatable bonds is 9. The van der Waals surface area contributed by atoms with Crippen molar-refractivity contribution in [2.45, 2.75) is 31.9 Å². The number of hydrogen-bond acceptors (Lipinski definition) is 7. The molecule has 1 aliphatic heterocycles. The minimum atomic E-state index is -1.15. The van der Waals surface area contributed by atoms with Crippen LogP contribution in [-0.2, 0) is 14.3 Å². The van der Waals surface area contributed by atoms with E-state index in [4.69, 9.17) is 23.7 Å². The van der Waals surface area contributed by atoms with E-state index in [-0.39, 0.29) is 0 Å². The number of unbranched alkanes of at least 4 members (excludes halogenated alkanes) is 1. The van der Waals surface area contributed by atoms with Crippen LogP contribution in [0.3, 0.4) is 0 Å². The Morgan fingerprint density at radius 2 is 1.71 bits per heavy atom. The van der Waals surface area contributed by atoms with Crippen molar-refractivity contribution in [3.63, 3.8) is 0 Å². The summed E-state index contributed by atoms with van der Waals surface area (Å²) < 4.78 is 26.9. The molecule has 1 aliphatic rings. The van der Waals surface area contributed by atoms with E-state index in [2.05, 4.69) is 6.92 Å². The van der Waals surface area contributed by atoms with Gasteiger partial charge in [0.1, 0.15) is 23.3 Å². The fourth-order valence-corrected chi connectivity index (χ4v) is 3.42. The van der Waals surface area contributed by atoms with E-state index < -0.39 is 24.2 Å². The van der Waals surface area contributed by atoms with E-state index in [0.717, 1.165) is 12.8 Å². The molecule has 0 N–H and O–H groups in total. The van der Waals surface area contributed by atoms with Crippen LogP contribution in [0.15, 0.2) is 42.5 Å². The van der Waals surface area contributed by atoms with Gasteiger partial charge in [0, 0.05) is 17.3 Å². The number of esters is 1. The Hall–Kier alpha value is -3.42. The summed E-state index contributed by atoms with van der Waals surface area (Å²) >= 11 is 0. The van der Waals surface area contributed by atoms with Gasteiger partial charge in [-0.1, -0.05) is 13.3 Å². The number of cyclic esters (lactones) is 1. The second-order valence-electron chi connectivity index (χ2n) is 6.95. The molecular formula is C23H27NO7. The van der Waals surface area contributed by atoms with Gasteiger partial charge in [-0.05, 0) is 42.8 Å². The average molecular weight is 429 g/mol. The third-order valence-corrected chi connectivity index (χ3v) is 5.07. The van der Waals surface area contributed by atoms with Crippen LogP contribution in [0.25, 0.3) is 0 Å². The molecule has 1 fully saturated rings. The Balaban J connectivity index is 2.09. The van der Waals surface area contributed by atoms with Gasteiger partial charge in [0.15, 0.2) is 0 Å². The molecule has 1 heterocycles. The number of carbonyl (C=O) groups is 2. The second kappa shape index (κ2) is 10.1. The van der Waals surface area contributed by atoms with Crippen molar-refractivity contribution in [2.24, 2.45) is 0 Å². The Bertz CT molecular complexity index is 913. The van der Waals surface area contributed by atoms with E-state index in [1.54, 1.807) is 56.7 Å². The number of methoxy groups -OCH3 is 3. The Kier molecular flexibility index (Phi) is 7.23. The summed E-state index contributed by atoms with van der Waals surface area (Å²) in [6, 6.07) is 11.4. The highest BCUT2D eigenvalue weighted by molar-refractivity contribution is 5.96. The monoisotopic (exact) mass is 429 g/mol. The van der Waals surface area contributed by atoms with Crippen LogP contribution >= 0.6 is 0 Å². The zero-order valence-electron chi connectivity index (χ0n) is 18.1. The molecule has 8 nitrogen and oxygen atoms in total. The molecular weight excluding hydrogens is 402 g/mol. The quantitative estimate of drug-likeness (QED) is 0.438. The van der Waals surface area contributed by atoms with Crippen molar-refractivity contribution in [3.8, 4) is 17.2 Å². The molecule has 1 saturated heterocycles. The summed E-state index contributed by atoms with van der Waals surface area (Å²) in [6.07, 6.45) is 0.0225. The van der Waals surface area contributed by atoms with Crippen LogP contribution in [0.1, 0.15) is 31.4 Å². The predicted molar refractivity (Wildman–Crippen MR) is 114 cm³/mol. The van der Waals surface area contributed by atoms with Crippen molar-refractivity contribution in [3.05, 3.63) is 48.0 Å². The molecule has 0 aliphatic carbocycles. The van der Waals surface area contributed by atoms with Crippen molar-refractivity contribution in [2.75, 3.05) is 32.8 Å². The Morgan fingerprint density at radius 3 is 2.32 bits per heavy atom. The van der Waals surface area contributed by atoms with Gasteiger partial charge in [0.25, 0.3) is 0 Å². The minimum absolute atomic E-state index is 0.490. The fourth-order valence-electron chi connectivity index (χ4n) is 3.42. The van der Waals surface area contributed by atoms with Gasteiger partial charge in [-0.25, -0.2) is 9.59 Å². The van der Waals surface area contributed by atoms with Crippen LogP contribution in [0.4, 0.5) is 10.5 Å². The largest absolute Gasteiger partial charge is 0.497 e. The maximum Gasteiger partial charge on any atom is 0.415 e. The first-order valence-electron chi connectivity index (χ1n) is 10.1. The molecule has 0 spiro atoms. The summed E-state index contributed by atoms with van der Waals surface area (Å²) in [5.41, 5.74) is 1.17. The molecule has 0 saturated carbocycles. The fraction of sp³-hybridized carbons (Fsp3) is 0.391. The van der Waals surface area contributed by atoms with Gasteiger partial charge in [-0.2, -0.15) is 0 Å². The smallest absolute Gasteiger partial charge is 0.415 e. The van der Waals surface area contributed by atoms with Crippen LogP contribution in [-0.4, -0.2) is 46.1 Å².